The number of aliphatic hydroxyl groups is 1. The average Bonchev–Trinajstić information content (AvgIpc) is 2.87. The van der Waals surface area contributed by atoms with E-state index in [1.54, 1.807) is 11.8 Å². The van der Waals surface area contributed by atoms with Crippen LogP contribution in [0.25, 0.3) is 0 Å². The van der Waals surface area contributed by atoms with Crippen LogP contribution in [0.1, 0.15) is 5.56 Å². The lowest BCUT2D eigenvalue weighted by Crippen LogP contribution is -2.21. The first-order chi connectivity index (χ1) is 6.77. The van der Waals surface area contributed by atoms with Gasteiger partial charge in [0, 0.05) is 0 Å². The second-order valence-corrected chi connectivity index (χ2v) is 5.09. The molecule has 0 radical (unpaired) electrons. The molecule has 2 unspecified atom stereocenters. The first kappa shape index (κ1) is 8.33. The third kappa shape index (κ3) is 0.900. The third-order valence-electron chi connectivity index (χ3n) is 2.77. The van der Waals surface area contributed by atoms with Crippen molar-refractivity contribution < 1.29 is 5.11 Å². The van der Waals surface area contributed by atoms with Gasteiger partial charge in [-0.2, -0.15) is 0 Å². The van der Waals surface area contributed by atoms with Crippen LogP contribution in [-0.2, 0) is 4.75 Å². The number of hydrogen-bond donors (Lipinski definition) is 1. The zero-order valence-corrected chi connectivity index (χ0v) is 8.37. The van der Waals surface area contributed by atoms with Gasteiger partial charge in [-0.1, -0.05) is 48.6 Å². The Hall–Kier alpha value is -0.990. The SMILES string of the molecule is OC12C=CC=CC1(c1ccccc1)S2. The quantitative estimate of drug-likeness (QED) is 0.706. The van der Waals surface area contributed by atoms with E-state index in [9.17, 15) is 5.11 Å². The van der Waals surface area contributed by atoms with Gasteiger partial charge >= 0.3 is 0 Å². The number of allylic oxidation sites excluding steroid dienone is 2. The van der Waals surface area contributed by atoms with E-state index in [1.165, 1.54) is 5.56 Å². The Kier molecular flexibility index (Phi) is 1.50. The van der Waals surface area contributed by atoms with Gasteiger partial charge in [0.1, 0.15) is 4.75 Å². The van der Waals surface area contributed by atoms with E-state index in [4.69, 9.17) is 0 Å². The standard InChI is InChI=1S/C12H10OS/c13-12-9-5-4-8-11(12,14-12)10-6-2-1-3-7-10/h1-9,13H. The van der Waals surface area contributed by atoms with Gasteiger partial charge in [-0.3, -0.25) is 0 Å². The summed E-state index contributed by atoms with van der Waals surface area (Å²) in [6.07, 6.45) is 7.85. The second-order valence-electron chi connectivity index (χ2n) is 3.62. The van der Waals surface area contributed by atoms with Gasteiger partial charge in [0.25, 0.3) is 0 Å². The highest BCUT2D eigenvalue weighted by Gasteiger charge is 2.67. The maximum absolute atomic E-state index is 10.2. The van der Waals surface area contributed by atoms with Gasteiger partial charge in [-0.25, -0.2) is 0 Å². The van der Waals surface area contributed by atoms with Crippen molar-refractivity contribution in [3.8, 4) is 0 Å². The first-order valence-corrected chi connectivity index (χ1v) is 5.44. The molecule has 1 heterocycles. The summed E-state index contributed by atoms with van der Waals surface area (Å²) >= 11 is 1.58. The topological polar surface area (TPSA) is 20.2 Å². The Balaban J connectivity index is 2.10. The van der Waals surface area contributed by atoms with Crippen molar-refractivity contribution >= 4 is 11.8 Å². The first-order valence-electron chi connectivity index (χ1n) is 4.62. The van der Waals surface area contributed by atoms with Crippen LogP contribution in [0.3, 0.4) is 0 Å². The molecule has 1 N–H and O–H groups in total. The Morgan fingerprint density at radius 3 is 2.43 bits per heavy atom. The van der Waals surface area contributed by atoms with Crippen LogP contribution in [-0.4, -0.2) is 10.0 Å². The molecule has 1 nitrogen and oxygen atoms in total. The number of fused-ring (bicyclic) bond motifs is 1. The van der Waals surface area contributed by atoms with Crippen LogP contribution >= 0.6 is 11.8 Å². The highest BCUT2D eigenvalue weighted by Crippen LogP contribution is 2.71. The lowest BCUT2D eigenvalue weighted by atomic mass is 9.90. The summed E-state index contributed by atoms with van der Waals surface area (Å²) in [6, 6.07) is 10.1. The molecule has 1 saturated heterocycles. The second kappa shape index (κ2) is 2.53. The fraction of sp³-hybridized carbons (Fsp3) is 0.167. The molecule has 0 bridgehead atoms. The van der Waals surface area contributed by atoms with Gasteiger partial charge in [0.05, 0.1) is 0 Å². The van der Waals surface area contributed by atoms with E-state index in [0.29, 0.717) is 0 Å². The molecule has 0 amide bonds. The Morgan fingerprint density at radius 2 is 1.71 bits per heavy atom. The predicted molar refractivity (Wildman–Crippen MR) is 58.9 cm³/mol. The molecule has 1 fully saturated rings. The molecule has 2 atom stereocenters. The van der Waals surface area contributed by atoms with Gasteiger partial charge in [-0.15, -0.1) is 11.8 Å². The van der Waals surface area contributed by atoms with Crippen molar-refractivity contribution in [1.29, 1.82) is 0 Å². The molecule has 0 spiro atoms. The number of hydrogen-bond acceptors (Lipinski definition) is 2. The van der Waals surface area contributed by atoms with Crippen molar-refractivity contribution in [2.75, 3.05) is 0 Å². The smallest absolute Gasteiger partial charge is 0.153 e. The highest BCUT2D eigenvalue weighted by molar-refractivity contribution is 8.09. The molecular weight excluding hydrogens is 192 g/mol. The molecule has 2 heteroatoms. The predicted octanol–water partition coefficient (Wildman–Crippen LogP) is 2.44. The Morgan fingerprint density at radius 1 is 1.00 bits per heavy atom. The van der Waals surface area contributed by atoms with Crippen LogP contribution in [0.5, 0.6) is 0 Å². The monoisotopic (exact) mass is 202 g/mol. The van der Waals surface area contributed by atoms with Gasteiger partial charge in [-0.05, 0) is 11.6 Å². The fourth-order valence-electron chi connectivity index (χ4n) is 1.96. The molecule has 1 aliphatic carbocycles. The van der Waals surface area contributed by atoms with Gasteiger partial charge in [0.2, 0.25) is 0 Å². The minimum Gasteiger partial charge on any atom is -0.374 e. The van der Waals surface area contributed by atoms with Crippen molar-refractivity contribution in [1.82, 2.24) is 0 Å². The molecular formula is C12H10OS. The summed E-state index contributed by atoms with van der Waals surface area (Å²) in [5, 5.41) is 10.2. The number of thioether (sulfide) groups is 1. The largest absolute Gasteiger partial charge is 0.374 e. The van der Waals surface area contributed by atoms with E-state index < -0.39 is 4.93 Å². The molecule has 0 aromatic heterocycles. The fourth-order valence-corrected chi connectivity index (χ4v) is 3.20. The molecule has 1 aromatic rings. The minimum atomic E-state index is -0.705. The molecule has 70 valence electrons. The van der Waals surface area contributed by atoms with Gasteiger partial charge < -0.3 is 5.11 Å². The average molecular weight is 202 g/mol. The molecule has 14 heavy (non-hydrogen) atoms. The van der Waals surface area contributed by atoms with E-state index in [-0.39, 0.29) is 4.75 Å². The summed E-state index contributed by atoms with van der Waals surface area (Å²) in [5.74, 6) is 0. The van der Waals surface area contributed by atoms with Crippen LogP contribution in [0.2, 0.25) is 0 Å². The lowest BCUT2D eigenvalue weighted by molar-refractivity contribution is 0.199. The summed E-state index contributed by atoms with van der Waals surface area (Å²) in [5.41, 5.74) is 1.17. The van der Waals surface area contributed by atoms with E-state index in [1.807, 2.05) is 36.4 Å². The highest BCUT2D eigenvalue weighted by atomic mass is 32.2. The Labute approximate surface area is 87.1 Å². The number of benzene rings is 1. The summed E-state index contributed by atoms with van der Waals surface area (Å²) in [4.78, 5) is -0.705. The van der Waals surface area contributed by atoms with E-state index in [0.717, 1.165) is 0 Å². The molecule has 0 saturated carbocycles. The van der Waals surface area contributed by atoms with Crippen LogP contribution in [0.15, 0.2) is 54.6 Å². The van der Waals surface area contributed by atoms with Crippen molar-refractivity contribution in [3.63, 3.8) is 0 Å². The van der Waals surface area contributed by atoms with Crippen molar-refractivity contribution in [2.45, 2.75) is 9.68 Å². The molecule has 1 aliphatic heterocycles. The van der Waals surface area contributed by atoms with Crippen molar-refractivity contribution in [3.05, 3.63) is 60.2 Å². The van der Waals surface area contributed by atoms with E-state index >= 15 is 0 Å². The summed E-state index contributed by atoms with van der Waals surface area (Å²) in [7, 11) is 0. The minimum absolute atomic E-state index is 0.219. The number of rotatable bonds is 1. The molecule has 3 rings (SSSR count). The van der Waals surface area contributed by atoms with Crippen LogP contribution in [0, 0.1) is 0 Å². The van der Waals surface area contributed by atoms with Crippen molar-refractivity contribution in [2.24, 2.45) is 0 Å². The van der Waals surface area contributed by atoms with E-state index in [2.05, 4.69) is 18.2 Å². The Bertz CT molecular complexity index is 423. The molecule has 2 aliphatic rings. The summed E-state index contributed by atoms with van der Waals surface area (Å²) in [6.45, 7) is 0. The normalized spacial score (nSPS) is 38.1. The van der Waals surface area contributed by atoms with Gasteiger partial charge in [0.15, 0.2) is 4.93 Å². The lowest BCUT2D eigenvalue weighted by Gasteiger charge is -2.15. The molecule has 1 aromatic carbocycles. The zero-order valence-electron chi connectivity index (χ0n) is 7.55. The zero-order chi connectivity index (χ0) is 9.65. The third-order valence-corrected chi connectivity index (χ3v) is 4.34. The van der Waals surface area contributed by atoms with Crippen LogP contribution in [0.4, 0.5) is 0 Å². The maximum atomic E-state index is 10.2. The van der Waals surface area contributed by atoms with Crippen LogP contribution < -0.4 is 0 Å². The summed E-state index contributed by atoms with van der Waals surface area (Å²) < 4.78 is -0.219. The maximum Gasteiger partial charge on any atom is 0.153 e.